The number of carbonyl (C=O) groups excluding carboxylic acids is 2. The number of carbonyl (C=O) groups is 2. The van der Waals surface area contributed by atoms with E-state index in [9.17, 15) is 19.1 Å². The second-order valence-corrected chi connectivity index (χ2v) is 6.86. The lowest BCUT2D eigenvalue weighted by Gasteiger charge is -2.13. The number of aryl methyl sites for hydroxylation is 1. The minimum atomic E-state index is -0.407. The maximum absolute atomic E-state index is 13.4. The Hall–Kier alpha value is -2.86. The van der Waals surface area contributed by atoms with Gasteiger partial charge in [-0.25, -0.2) is 4.39 Å². The monoisotopic (exact) mass is 353 g/mol. The number of allylic oxidation sites excluding steroid dienone is 2. The number of hydrogen-bond donors (Lipinski definition) is 1. The van der Waals surface area contributed by atoms with Crippen LogP contribution in [0.5, 0.6) is 5.75 Å². The molecule has 0 bridgehead atoms. The summed E-state index contributed by atoms with van der Waals surface area (Å²) in [5, 5.41) is 10.3. The number of thioether (sulfide) groups is 1. The van der Waals surface area contributed by atoms with Crippen LogP contribution in [0.1, 0.15) is 20.8 Å². The van der Waals surface area contributed by atoms with Crippen molar-refractivity contribution in [3.63, 3.8) is 0 Å². The summed E-state index contributed by atoms with van der Waals surface area (Å²) >= 11 is 1.06. The van der Waals surface area contributed by atoms with Crippen molar-refractivity contribution in [1.82, 2.24) is 4.57 Å². The van der Waals surface area contributed by atoms with Gasteiger partial charge in [0.1, 0.15) is 17.3 Å². The Balaban J connectivity index is 1.85. The van der Waals surface area contributed by atoms with E-state index >= 15 is 0 Å². The number of ketones is 2. The van der Waals surface area contributed by atoms with E-state index in [0.29, 0.717) is 21.5 Å². The third-order valence-corrected chi connectivity index (χ3v) is 5.17. The van der Waals surface area contributed by atoms with Crippen LogP contribution in [0, 0.1) is 5.82 Å². The molecule has 0 atom stereocenters. The van der Waals surface area contributed by atoms with Crippen molar-refractivity contribution in [3.8, 4) is 5.75 Å². The lowest BCUT2D eigenvalue weighted by atomic mass is 9.99. The molecule has 2 aromatic carbocycles. The van der Waals surface area contributed by atoms with E-state index in [0.717, 1.165) is 11.8 Å². The van der Waals surface area contributed by atoms with Crippen LogP contribution in [-0.4, -0.2) is 21.2 Å². The number of hydrogen-bond acceptors (Lipinski definition) is 4. The molecule has 25 heavy (non-hydrogen) atoms. The number of rotatable bonds is 2. The summed E-state index contributed by atoms with van der Waals surface area (Å²) < 4.78 is 15.0. The number of halogens is 1. The van der Waals surface area contributed by atoms with Crippen molar-refractivity contribution < 1.29 is 19.1 Å². The van der Waals surface area contributed by atoms with Crippen molar-refractivity contribution in [2.45, 2.75) is 4.90 Å². The zero-order chi connectivity index (χ0) is 17.7. The summed E-state index contributed by atoms with van der Waals surface area (Å²) in [5.41, 5.74) is 1.27. The minimum absolute atomic E-state index is 0.0232. The maximum Gasteiger partial charge on any atom is 0.204 e. The minimum Gasteiger partial charge on any atom is -0.508 e. The van der Waals surface area contributed by atoms with Gasteiger partial charge in [0.05, 0.1) is 10.5 Å². The third kappa shape index (κ3) is 2.46. The molecule has 4 rings (SSSR count). The second-order valence-electron chi connectivity index (χ2n) is 5.75. The SMILES string of the molecule is Cn1c2c(c3cc(O)ccc31)C(=O)C(Sc1cccc(F)c1)=CC2=O. The number of aromatic nitrogens is 1. The van der Waals surface area contributed by atoms with Crippen LogP contribution >= 0.6 is 11.8 Å². The molecule has 3 aromatic rings. The van der Waals surface area contributed by atoms with Gasteiger partial charge in [0, 0.05) is 28.9 Å². The molecule has 0 aliphatic heterocycles. The van der Waals surface area contributed by atoms with Crippen molar-refractivity contribution in [3.05, 3.63) is 70.5 Å². The van der Waals surface area contributed by atoms with Gasteiger partial charge >= 0.3 is 0 Å². The fraction of sp³-hybridized carbons (Fsp3) is 0.0526. The Kier molecular flexibility index (Phi) is 3.51. The molecule has 124 valence electrons. The molecule has 0 amide bonds. The molecule has 4 nitrogen and oxygen atoms in total. The topological polar surface area (TPSA) is 59.3 Å². The van der Waals surface area contributed by atoms with Gasteiger partial charge in [0.2, 0.25) is 11.6 Å². The zero-order valence-corrected chi connectivity index (χ0v) is 13.9. The molecule has 1 N–H and O–H groups in total. The summed E-state index contributed by atoms with van der Waals surface area (Å²) in [6.07, 6.45) is 1.29. The van der Waals surface area contributed by atoms with Crippen molar-refractivity contribution in [2.75, 3.05) is 0 Å². The first-order chi connectivity index (χ1) is 12.0. The summed E-state index contributed by atoms with van der Waals surface area (Å²) in [6, 6.07) is 10.5. The molecule has 0 fully saturated rings. The highest BCUT2D eigenvalue weighted by Gasteiger charge is 2.32. The van der Waals surface area contributed by atoms with Gasteiger partial charge in [0.25, 0.3) is 0 Å². The lowest BCUT2D eigenvalue weighted by Crippen LogP contribution is -2.17. The summed E-state index contributed by atoms with van der Waals surface area (Å²) in [4.78, 5) is 26.3. The molecular formula is C19H12FNO3S. The average molecular weight is 353 g/mol. The van der Waals surface area contributed by atoms with Crippen LogP contribution in [0.4, 0.5) is 4.39 Å². The van der Waals surface area contributed by atoms with Crippen LogP contribution in [0.3, 0.4) is 0 Å². The molecule has 6 heteroatoms. The number of phenols is 1. The van der Waals surface area contributed by atoms with Gasteiger partial charge in [-0.1, -0.05) is 17.8 Å². The van der Waals surface area contributed by atoms with Gasteiger partial charge in [0.15, 0.2) is 0 Å². The second kappa shape index (κ2) is 5.60. The molecule has 0 saturated heterocycles. The van der Waals surface area contributed by atoms with E-state index < -0.39 is 5.82 Å². The normalized spacial score (nSPS) is 13.9. The molecule has 0 saturated carbocycles. The Bertz CT molecular complexity index is 1100. The van der Waals surface area contributed by atoms with Crippen molar-refractivity contribution >= 4 is 34.2 Å². The van der Waals surface area contributed by atoms with E-state index in [1.165, 1.54) is 30.3 Å². The Morgan fingerprint density at radius 2 is 1.92 bits per heavy atom. The summed E-state index contributed by atoms with van der Waals surface area (Å²) in [7, 11) is 1.71. The standard InChI is InChI=1S/C19H12FNO3S/c1-21-14-6-5-11(22)8-13(14)17-18(21)15(23)9-16(19(17)24)25-12-4-2-3-10(20)7-12/h2-9,22H,1H3. The quantitative estimate of drug-likeness (QED) is 0.754. The Labute approximate surface area is 146 Å². The highest BCUT2D eigenvalue weighted by atomic mass is 32.2. The van der Waals surface area contributed by atoms with Crippen LogP contribution in [0.2, 0.25) is 0 Å². The molecule has 0 unspecified atom stereocenters. The zero-order valence-electron chi connectivity index (χ0n) is 13.1. The van der Waals surface area contributed by atoms with E-state index in [2.05, 4.69) is 0 Å². The van der Waals surface area contributed by atoms with Crippen LogP contribution in [-0.2, 0) is 7.05 Å². The average Bonchev–Trinajstić information content (AvgIpc) is 2.85. The fourth-order valence-corrected chi connectivity index (χ4v) is 3.99. The van der Waals surface area contributed by atoms with Gasteiger partial charge in [-0.05, 0) is 36.4 Å². The number of phenolic OH excluding ortho intramolecular Hbond substituents is 1. The molecule has 1 heterocycles. The molecule has 0 spiro atoms. The Morgan fingerprint density at radius 3 is 2.68 bits per heavy atom. The largest absolute Gasteiger partial charge is 0.508 e. The fourth-order valence-electron chi connectivity index (χ4n) is 3.06. The highest BCUT2D eigenvalue weighted by Crippen LogP contribution is 2.38. The first-order valence-electron chi connectivity index (χ1n) is 7.51. The molecule has 1 aliphatic carbocycles. The predicted molar refractivity (Wildman–Crippen MR) is 93.6 cm³/mol. The number of aromatic hydroxyl groups is 1. The van der Waals surface area contributed by atoms with Crippen LogP contribution in [0.15, 0.2) is 58.3 Å². The van der Waals surface area contributed by atoms with Gasteiger partial charge in [-0.3, -0.25) is 9.59 Å². The predicted octanol–water partition coefficient (Wildman–Crippen LogP) is 4.08. The first-order valence-corrected chi connectivity index (χ1v) is 8.33. The molecular weight excluding hydrogens is 341 g/mol. The van der Waals surface area contributed by atoms with E-state index in [-0.39, 0.29) is 27.8 Å². The van der Waals surface area contributed by atoms with E-state index in [1.54, 1.807) is 29.8 Å². The molecule has 1 aliphatic rings. The third-order valence-electron chi connectivity index (χ3n) is 4.15. The number of benzene rings is 2. The Morgan fingerprint density at radius 1 is 1.12 bits per heavy atom. The highest BCUT2D eigenvalue weighted by molar-refractivity contribution is 8.04. The number of Topliss-reactive ketones (excluding diaryl/α,β-unsaturated/α-hetero) is 1. The maximum atomic E-state index is 13.4. The molecule has 0 radical (unpaired) electrons. The van der Waals surface area contributed by atoms with Crippen molar-refractivity contribution in [2.24, 2.45) is 7.05 Å². The number of nitrogens with zero attached hydrogens (tertiary/aromatic N) is 1. The summed E-state index contributed by atoms with van der Waals surface area (Å²) in [5.74, 6) is -0.974. The van der Waals surface area contributed by atoms with Gasteiger partial charge < -0.3 is 9.67 Å². The van der Waals surface area contributed by atoms with Gasteiger partial charge in [-0.2, -0.15) is 0 Å². The van der Waals surface area contributed by atoms with Gasteiger partial charge in [-0.15, -0.1) is 0 Å². The molecule has 1 aromatic heterocycles. The van der Waals surface area contributed by atoms with Crippen LogP contribution in [0.25, 0.3) is 10.9 Å². The smallest absolute Gasteiger partial charge is 0.204 e. The van der Waals surface area contributed by atoms with E-state index in [1.807, 2.05) is 0 Å². The van der Waals surface area contributed by atoms with Crippen molar-refractivity contribution in [1.29, 1.82) is 0 Å². The number of fused-ring (bicyclic) bond motifs is 3. The summed E-state index contributed by atoms with van der Waals surface area (Å²) in [6.45, 7) is 0. The van der Waals surface area contributed by atoms with E-state index in [4.69, 9.17) is 0 Å². The first kappa shape index (κ1) is 15.7. The lowest BCUT2D eigenvalue weighted by molar-refractivity contribution is 0.0987. The van der Waals surface area contributed by atoms with Crippen LogP contribution < -0.4 is 0 Å².